The molecule has 2 aromatic carbocycles. The Labute approximate surface area is 134 Å². The molecule has 3 nitrogen and oxygen atoms in total. The van der Waals surface area contributed by atoms with Crippen LogP contribution in [0.2, 0.25) is 0 Å². The molecule has 0 aliphatic rings. The van der Waals surface area contributed by atoms with Crippen LogP contribution in [0.15, 0.2) is 52.9 Å². The van der Waals surface area contributed by atoms with E-state index in [1.54, 1.807) is 11.9 Å². The highest BCUT2D eigenvalue weighted by atomic mass is 19.1. The largest absolute Gasteiger partial charge is 0.461 e. The molecule has 0 atom stereocenters. The van der Waals surface area contributed by atoms with Crippen molar-refractivity contribution in [2.75, 3.05) is 7.05 Å². The number of halogens is 1. The number of carbonyl (C=O) groups is 1. The number of benzene rings is 2. The predicted molar refractivity (Wildman–Crippen MR) is 87.8 cm³/mol. The van der Waals surface area contributed by atoms with Crippen molar-refractivity contribution in [1.29, 1.82) is 0 Å². The third-order valence-electron chi connectivity index (χ3n) is 3.94. The number of amides is 1. The van der Waals surface area contributed by atoms with Crippen LogP contribution in [0.1, 0.15) is 28.6 Å². The van der Waals surface area contributed by atoms with E-state index in [4.69, 9.17) is 4.42 Å². The Morgan fingerprint density at radius 3 is 2.52 bits per heavy atom. The minimum Gasteiger partial charge on any atom is -0.461 e. The molecule has 23 heavy (non-hydrogen) atoms. The summed E-state index contributed by atoms with van der Waals surface area (Å²) in [5.41, 5.74) is 2.34. The number of furan rings is 1. The third kappa shape index (κ3) is 2.97. The summed E-state index contributed by atoms with van der Waals surface area (Å²) in [4.78, 5) is 14.1. The topological polar surface area (TPSA) is 33.5 Å². The average molecular weight is 311 g/mol. The molecular weight excluding hydrogens is 293 g/mol. The van der Waals surface area contributed by atoms with Crippen LogP contribution in [0, 0.1) is 5.82 Å². The smallest absolute Gasteiger partial charge is 0.253 e. The number of hydrogen-bond acceptors (Lipinski definition) is 2. The van der Waals surface area contributed by atoms with Gasteiger partial charge in [0.25, 0.3) is 5.91 Å². The highest BCUT2D eigenvalue weighted by molar-refractivity contribution is 5.94. The van der Waals surface area contributed by atoms with Crippen LogP contribution in [0.5, 0.6) is 0 Å². The average Bonchev–Trinajstić information content (AvgIpc) is 2.93. The molecular formula is C19H18FNO2. The standard InChI is InChI=1S/C19H18FNO2/c1-3-17-16(15-6-4-5-7-18(15)23-17)12-21(2)19(22)13-8-10-14(20)11-9-13/h4-11H,3,12H2,1-2H3. The molecule has 0 N–H and O–H groups in total. The van der Waals surface area contributed by atoms with Crippen LogP contribution in [-0.4, -0.2) is 17.9 Å². The zero-order chi connectivity index (χ0) is 16.4. The molecule has 0 spiro atoms. The number of rotatable bonds is 4. The Kier molecular flexibility index (Phi) is 4.15. The second-order valence-corrected chi connectivity index (χ2v) is 5.52. The lowest BCUT2D eigenvalue weighted by molar-refractivity contribution is 0.0785. The molecule has 0 bridgehead atoms. The third-order valence-corrected chi connectivity index (χ3v) is 3.94. The molecule has 0 saturated heterocycles. The van der Waals surface area contributed by atoms with Crippen molar-refractivity contribution in [2.24, 2.45) is 0 Å². The van der Waals surface area contributed by atoms with Crippen molar-refractivity contribution in [3.05, 3.63) is 71.2 Å². The molecule has 4 heteroatoms. The van der Waals surface area contributed by atoms with Crippen LogP contribution in [-0.2, 0) is 13.0 Å². The Hall–Kier alpha value is -2.62. The molecule has 1 heterocycles. The maximum absolute atomic E-state index is 13.0. The molecule has 118 valence electrons. The highest BCUT2D eigenvalue weighted by Gasteiger charge is 2.18. The fourth-order valence-corrected chi connectivity index (χ4v) is 2.73. The van der Waals surface area contributed by atoms with E-state index in [1.165, 1.54) is 24.3 Å². The number of hydrogen-bond donors (Lipinski definition) is 0. The summed E-state index contributed by atoms with van der Waals surface area (Å²) in [5, 5.41) is 1.03. The first-order valence-electron chi connectivity index (χ1n) is 7.60. The fourth-order valence-electron chi connectivity index (χ4n) is 2.73. The Morgan fingerprint density at radius 2 is 1.83 bits per heavy atom. The molecule has 1 amide bonds. The van der Waals surface area contributed by atoms with Gasteiger partial charge in [-0.2, -0.15) is 0 Å². The zero-order valence-corrected chi connectivity index (χ0v) is 13.2. The van der Waals surface area contributed by atoms with E-state index in [1.807, 2.05) is 31.2 Å². The van der Waals surface area contributed by atoms with Crippen molar-refractivity contribution in [3.63, 3.8) is 0 Å². The summed E-state index contributed by atoms with van der Waals surface area (Å²) in [6.07, 6.45) is 0.766. The van der Waals surface area contributed by atoms with Crippen molar-refractivity contribution < 1.29 is 13.6 Å². The summed E-state index contributed by atoms with van der Waals surface area (Å²) in [6.45, 7) is 2.49. The first-order valence-corrected chi connectivity index (χ1v) is 7.60. The number of para-hydroxylation sites is 1. The second-order valence-electron chi connectivity index (χ2n) is 5.52. The predicted octanol–water partition coefficient (Wildman–Crippen LogP) is 4.41. The van der Waals surface area contributed by atoms with Gasteiger partial charge in [-0.25, -0.2) is 4.39 Å². The number of nitrogens with zero attached hydrogens (tertiary/aromatic N) is 1. The van der Waals surface area contributed by atoms with Gasteiger partial charge in [-0.15, -0.1) is 0 Å². The number of fused-ring (bicyclic) bond motifs is 1. The number of carbonyl (C=O) groups excluding carboxylic acids is 1. The minimum atomic E-state index is -0.349. The van der Waals surface area contributed by atoms with Gasteiger partial charge < -0.3 is 9.32 Å². The van der Waals surface area contributed by atoms with Gasteiger partial charge in [0.05, 0.1) is 0 Å². The van der Waals surface area contributed by atoms with Gasteiger partial charge in [0, 0.05) is 36.5 Å². The van der Waals surface area contributed by atoms with E-state index in [0.29, 0.717) is 12.1 Å². The lowest BCUT2D eigenvalue weighted by Crippen LogP contribution is -2.26. The summed E-state index contributed by atoms with van der Waals surface area (Å²) in [7, 11) is 1.74. The van der Waals surface area contributed by atoms with Gasteiger partial charge in [-0.1, -0.05) is 25.1 Å². The maximum Gasteiger partial charge on any atom is 0.253 e. The van der Waals surface area contributed by atoms with Crippen LogP contribution in [0.25, 0.3) is 11.0 Å². The Morgan fingerprint density at radius 1 is 1.13 bits per heavy atom. The van der Waals surface area contributed by atoms with E-state index in [2.05, 4.69) is 0 Å². The molecule has 1 aromatic heterocycles. The first kappa shape index (κ1) is 15.3. The van der Waals surface area contributed by atoms with Gasteiger partial charge in [-0.3, -0.25) is 4.79 Å². The molecule has 3 rings (SSSR count). The van der Waals surface area contributed by atoms with E-state index in [9.17, 15) is 9.18 Å². The monoisotopic (exact) mass is 311 g/mol. The number of aryl methyl sites for hydroxylation is 1. The van der Waals surface area contributed by atoms with Crippen molar-refractivity contribution in [3.8, 4) is 0 Å². The molecule has 3 aromatic rings. The van der Waals surface area contributed by atoms with Crippen molar-refractivity contribution in [2.45, 2.75) is 19.9 Å². The van der Waals surface area contributed by atoms with Crippen LogP contribution in [0.3, 0.4) is 0 Å². The van der Waals surface area contributed by atoms with E-state index < -0.39 is 0 Å². The van der Waals surface area contributed by atoms with E-state index in [-0.39, 0.29) is 11.7 Å². The molecule has 0 saturated carbocycles. The normalized spacial score (nSPS) is 10.9. The molecule has 0 unspecified atom stereocenters. The van der Waals surface area contributed by atoms with Crippen molar-refractivity contribution in [1.82, 2.24) is 4.90 Å². The zero-order valence-electron chi connectivity index (χ0n) is 13.2. The Balaban J connectivity index is 1.89. The van der Waals surface area contributed by atoms with E-state index >= 15 is 0 Å². The van der Waals surface area contributed by atoms with Crippen LogP contribution >= 0.6 is 0 Å². The van der Waals surface area contributed by atoms with Crippen LogP contribution in [0.4, 0.5) is 4.39 Å². The quantitative estimate of drug-likeness (QED) is 0.715. The molecule has 0 aliphatic heterocycles. The Bertz CT molecular complexity index is 836. The first-order chi connectivity index (χ1) is 11.1. The maximum atomic E-state index is 13.0. The second kappa shape index (κ2) is 6.24. The van der Waals surface area contributed by atoms with E-state index in [0.717, 1.165) is 28.7 Å². The lowest BCUT2D eigenvalue weighted by atomic mass is 10.1. The molecule has 0 radical (unpaired) electrons. The summed E-state index contributed by atoms with van der Waals surface area (Å²) in [6, 6.07) is 13.4. The summed E-state index contributed by atoms with van der Waals surface area (Å²) >= 11 is 0. The van der Waals surface area contributed by atoms with Gasteiger partial charge in [0.2, 0.25) is 0 Å². The molecule has 0 fully saturated rings. The van der Waals surface area contributed by atoms with Gasteiger partial charge in [0.15, 0.2) is 0 Å². The SMILES string of the molecule is CCc1oc2ccccc2c1CN(C)C(=O)c1ccc(F)cc1. The lowest BCUT2D eigenvalue weighted by Gasteiger charge is -2.17. The fraction of sp³-hybridized carbons (Fsp3) is 0.211. The van der Waals surface area contributed by atoms with Gasteiger partial charge in [0.1, 0.15) is 17.2 Å². The van der Waals surface area contributed by atoms with Gasteiger partial charge in [-0.05, 0) is 30.3 Å². The molecule has 0 aliphatic carbocycles. The summed E-state index contributed by atoms with van der Waals surface area (Å²) < 4.78 is 18.9. The highest BCUT2D eigenvalue weighted by Crippen LogP contribution is 2.27. The van der Waals surface area contributed by atoms with Crippen LogP contribution < -0.4 is 0 Å². The summed E-state index contributed by atoms with van der Waals surface area (Å²) in [5.74, 6) is 0.403. The van der Waals surface area contributed by atoms with Gasteiger partial charge >= 0.3 is 0 Å². The minimum absolute atomic E-state index is 0.141. The van der Waals surface area contributed by atoms with Crippen molar-refractivity contribution >= 4 is 16.9 Å².